The van der Waals surface area contributed by atoms with Crippen LogP contribution in [-0.2, 0) is 0 Å². The van der Waals surface area contributed by atoms with Gasteiger partial charge in [0.15, 0.2) is 5.78 Å². The summed E-state index contributed by atoms with van der Waals surface area (Å²) in [6.07, 6.45) is 1.61. The molecule has 2 aromatic heterocycles. The van der Waals surface area contributed by atoms with E-state index >= 15 is 0 Å². The molecule has 1 N–H and O–H groups in total. The molecule has 0 radical (unpaired) electrons. The van der Waals surface area contributed by atoms with Crippen LogP contribution in [0.4, 0.5) is 4.39 Å². The first-order valence-electron chi connectivity index (χ1n) is 7.83. The first-order valence-corrected chi connectivity index (χ1v) is 8.71. The lowest BCUT2D eigenvalue weighted by Crippen LogP contribution is -2.26. The summed E-state index contributed by atoms with van der Waals surface area (Å²) in [6, 6.07) is 14.0. The van der Waals surface area contributed by atoms with E-state index in [1.165, 1.54) is 23.5 Å². The van der Waals surface area contributed by atoms with Crippen LogP contribution in [0.5, 0.6) is 0 Å². The molecule has 1 aliphatic rings. The Balaban J connectivity index is 1.79. The summed E-state index contributed by atoms with van der Waals surface area (Å²) in [5.41, 5.74) is 4.07. The molecule has 0 fully saturated rings. The van der Waals surface area contributed by atoms with Crippen molar-refractivity contribution >= 4 is 28.5 Å². The normalized spacial score (nSPS) is 15.1. The lowest BCUT2D eigenvalue weighted by Gasteiger charge is -2.24. The number of thiophene rings is 1. The number of hydrogen-bond acceptors (Lipinski definition) is 3. The van der Waals surface area contributed by atoms with Crippen molar-refractivity contribution in [2.24, 2.45) is 0 Å². The summed E-state index contributed by atoms with van der Waals surface area (Å²) < 4.78 is 15.6. The molecule has 3 aromatic rings. The van der Waals surface area contributed by atoms with E-state index in [1.807, 2.05) is 40.3 Å². The van der Waals surface area contributed by atoms with Crippen LogP contribution in [0.15, 0.2) is 66.6 Å². The lowest BCUT2D eigenvalue weighted by atomic mass is 10.1. The molecule has 0 aliphatic carbocycles. The lowest BCUT2D eigenvalue weighted by molar-refractivity contribution is 0.105. The predicted molar refractivity (Wildman–Crippen MR) is 99.8 cm³/mol. The summed E-state index contributed by atoms with van der Waals surface area (Å²) in [5.74, 6) is -0.318. The van der Waals surface area contributed by atoms with Gasteiger partial charge < -0.3 is 9.88 Å². The third kappa shape index (κ3) is 2.83. The molecule has 3 nitrogen and oxygen atoms in total. The van der Waals surface area contributed by atoms with Crippen LogP contribution in [0.3, 0.4) is 0 Å². The highest BCUT2D eigenvalue weighted by Gasteiger charge is 2.21. The number of nitrogens with one attached hydrogen (secondary N) is 1. The second-order valence-electron chi connectivity index (χ2n) is 5.77. The van der Waals surface area contributed by atoms with Crippen molar-refractivity contribution in [3.05, 3.63) is 83.0 Å². The smallest absolute Gasteiger partial charge is 0.197 e. The Labute approximate surface area is 148 Å². The van der Waals surface area contributed by atoms with E-state index in [0.29, 0.717) is 11.4 Å². The number of allylic oxidation sites excluding steroid dienone is 1. The van der Waals surface area contributed by atoms with Gasteiger partial charge in [0.25, 0.3) is 0 Å². The highest BCUT2D eigenvalue weighted by Crippen LogP contribution is 2.31. The number of carbonyl (C=O) groups is 1. The van der Waals surface area contributed by atoms with Gasteiger partial charge in [0.2, 0.25) is 0 Å². The van der Waals surface area contributed by atoms with Crippen LogP contribution in [0, 0.1) is 5.82 Å². The topological polar surface area (TPSA) is 34.0 Å². The van der Waals surface area contributed by atoms with Crippen LogP contribution in [0.25, 0.3) is 22.7 Å². The molecule has 0 amide bonds. The maximum atomic E-state index is 13.6. The van der Waals surface area contributed by atoms with Crippen molar-refractivity contribution in [2.45, 2.75) is 0 Å². The minimum atomic E-state index is -0.281. The van der Waals surface area contributed by atoms with Gasteiger partial charge in [-0.05, 0) is 35.7 Å². The highest BCUT2D eigenvalue weighted by atomic mass is 32.1. The van der Waals surface area contributed by atoms with Crippen LogP contribution in [-0.4, -0.2) is 16.9 Å². The zero-order valence-electron chi connectivity index (χ0n) is 13.3. The molecule has 0 spiro atoms. The molecule has 3 heterocycles. The fourth-order valence-electron chi connectivity index (χ4n) is 2.97. The number of halogens is 1. The zero-order valence-corrected chi connectivity index (χ0v) is 14.1. The Kier molecular flexibility index (Phi) is 3.86. The predicted octanol–water partition coefficient (Wildman–Crippen LogP) is 4.65. The van der Waals surface area contributed by atoms with Gasteiger partial charge >= 0.3 is 0 Å². The fraction of sp³-hybridized carbons (Fsp3) is 0.0500. The number of hydrogen-bond donors (Lipinski definition) is 1. The Morgan fingerprint density at radius 3 is 2.80 bits per heavy atom. The van der Waals surface area contributed by atoms with Gasteiger partial charge in [-0.3, -0.25) is 4.79 Å². The molecule has 0 saturated heterocycles. The van der Waals surface area contributed by atoms with E-state index in [0.717, 1.165) is 28.3 Å². The maximum absolute atomic E-state index is 13.6. The van der Waals surface area contributed by atoms with Gasteiger partial charge in [-0.25, -0.2) is 4.39 Å². The average molecular weight is 350 g/mol. The molecule has 0 bridgehead atoms. The molecule has 4 rings (SSSR count). The molecular formula is C20H15FN2OS. The van der Waals surface area contributed by atoms with E-state index < -0.39 is 0 Å². The van der Waals surface area contributed by atoms with Crippen LogP contribution >= 0.6 is 11.3 Å². The second kappa shape index (κ2) is 6.18. The molecule has 0 unspecified atom stereocenters. The number of fused-ring (bicyclic) bond motifs is 1. The van der Waals surface area contributed by atoms with Crippen molar-refractivity contribution in [1.82, 2.24) is 9.88 Å². The summed E-state index contributed by atoms with van der Waals surface area (Å²) >= 11 is 1.42. The van der Waals surface area contributed by atoms with E-state index in [-0.39, 0.29) is 11.6 Å². The molecule has 1 aliphatic heterocycles. The third-order valence-corrected chi connectivity index (χ3v) is 5.00. The van der Waals surface area contributed by atoms with Crippen molar-refractivity contribution in [2.75, 3.05) is 6.54 Å². The Morgan fingerprint density at radius 2 is 2.04 bits per heavy atom. The quantitative estimate of drug-likeness (QED) is 0.551. The first-order chi connectivity index (χ1) is 12.1. The molecule has 0 atom stereocenters. The standard InChI is InChI=1S/C20H15FN2OS/c1-13-12-22-16(11-19(24)20-6-3-9-25-20)18-8-7-17(23(13)18)14-4-2-5-15(21)10-14/h2-11,22H,1,12H2/b16-11-. The number of aromatic nitrogens is 1. The Hall–Kier alpha value is -2.92. The second-order valence-corrected chi connectivity index (χ2v) is 6.72. The van der Waals surface area contributed by atoms with Gasteiger partial charge in [0.1, 0.15) is 5.82 Å². The van der Waals surface area contributed by atoms with Gasteiger partial charge in [0, 0.05) is 17.3 Å². The number of carbonyl (C=O) groups excluding carboxylic acids is 1. The molecular weight excluding hydrogens is 335 g/mol. The average Bonchev–Trinajstić information content (AvgIpc) is 3.27. The van der Waals surface area contributed by atoms with E-state index in [4.69, 9.17) is 0 Å². The third-order valence-electron chi connectivity index (χ3n) is 4.12. The minimum Gasteiger partial charge on any atom is -0.378 e. The maximum Gasteiger partial charge on any atom is 0.197 e. The highest BCUT2D eigenvalue weighted by molar-refractivity contribution is 7.12. The van der Waals surface area contributed by atoms with E-state index in [2.05, 4.69) is 11.9 Å². The van der Waals surface area contributed by atoms with Crippen molar-refractivity contribution in [1.29, 1.82) is 0 Å². The molecule has 1 aromatic carbocycles. The summed E-state index contributed by atoms with van der Waals surface area (Å²) in [4.78, 5) is 13.1. The summed E-state index contributed by atoms with van der Waals surface area (Å²) in [6.45, 7) is 4.62. The summed E-state index contributed by atoms with van der Waals surface area (Å²) in [7, 11) is 0. The van der Waals surface area contributed by atoms with Crippen LogP contribution in [0.2, 0.25) is 0 Å². The van der Waals surface area contributed by atoms with Gasteiger partial charge in [0.05, 0.1) is 28.5 Å². The number of rotatable bonds is 3. The number of benzene rings is 1. The Morgan fingerprint density at radius 1 is 1.20 bits per heavy atom. The van der Waals surface area contributed by atoms with E-state index in [9.17, 15) is 9.18 Å². The van der Waals surface area contributed by atoms with Crippen LogP contribution < -0.4 is 5.32 Å². The zero-order chi connectivity index (χ0) is 17.4. The fourth-order valence-corrected chi connectivity index (χ4v) is 3.61. The molecule has 124 valence electrons. The largest absolute Gasteiger partial charge is 0.378 e. The van der Waals surface area contributed by atoms with Gasteiger partial charge in [-0.1, -0.05) is 24.8 Å². The van der Waals surface area contributed by atoms with Crippen molar-refractivity contribution in [3.8, 4) is 11.3 Å². The van der Waals surface area contributed by atoms with E-state index in [1.54, 1.807) is 12.1 Å². The summed E-state index contributed by atoms with van der Waals surface area (Å²) in [5, 5.41) is 5.13. The van der Waals surface area contributed by atoms with Crippen molar-refractivity contribution < 1.29 is 9.18 Å². The SMILES string of the molecule is C=C1CN/C(=C\C(=O)c2cccs2)c2ccc(-c3cccc(F)c3)n21. The van der Waals surface area contributed by atoms with Gasteiger partial charge in [-0.2, -0.15) is 0 Å². The number of ketones is 1. The number of nitrogens with zero attached hydrogens (tertiary/aromatic N) is 1. The van der Waals surface area contributed by atoms with Crippen LogP contribution in [0.1, 0.15) is 15.4 Å². The molecule has 0 saturated carbocycles. The minimum absolute atomic E-state index is 0.0370. The van der Waals surface area contributed by atoms with Gasteiger partial charge in [-0.15, -0.1) is 11.3 Å². The molecule has 25 heavy (non-hydrogen) atoms. The monoisotopic (exact) mass is 350 g/mol. The van der Waals surface area contributed by atoms with Crippen molar-refractivity contribution in [3.63, 3.8) is 0 Å². The first kappa shape index (κ1) is 15.6. The Bertz CT molecular complexity index is 999. The molecule has 5 heteroatoms.